The van der Waals surface area contributed by atoms with Gasteiger partial charge < -0.3 is 4.74 Å². The highest BCUT2D eigenvalue weighted by molar-refractivity contribution is 7.16. The highest BCUT2D eigenvalue weighted by Crippen LogP contribution is 2.59. The van der Waals surface area contributed by atoms with Gasteiger partial charge in [0.15, 0.2) is 0 Å². The average Bonchev–Trinajstić information content (AvgIpc) is 2.55. The summed E-state index contributed by atoms with van der Waals surface area (Å²) in [6.45, 7) is 1.36. The van der Waals surface area contributed by atoms with E-state index >= 15 is 0 Å². The second-order valence-corrected chi connectivity index (χ2v) is 6.44. The van der Waals surface area contributed by atoms with Crippen LogP contribution in [0.3, 0.4) is 0 Å². The Morgan fingerprint density at radius 2 is 2.12 bits per heavy atom. The van der Waals surface area contributed by atoms with Gasteiger partial charge in [-0.15, -0.1) is 11.3 Å². The summed E-state index contributed by atoms with van der Waals surface area (Å²) >= 11 is 7.59. The van der Waals surface area contributed by atoms with Crippen molar-refractivity contribution in [3.05, 3.63) is 21.3 Å². The standard InChI is InChI=1S/C12H12ClNOS/c13-10-3-2-9(16-10)12(7-15-8-12)11(6-14)4-1-5-11/h2-3H,1,4-5,7-8H2. The van der Waals surface area contributed by atoms with Crippen molar-refractivity contribution in [2.75, 3.05) is 13.2 Å². The van der Waals surface area contributed by atoms with Crippen LogP contribution in [0.25, 0.3) is 0 Å². The zero-order chi connectivity index (χ0) is 11.2. The molecule has 4 heteroatoms. The zero-order valence-corrected chi connectivity index (χ0v) is 10.4. The minimum atomic E-state index is -0.195. The normalized spacial score (nSPS) is 25.2. The summed E-state index contributed by atoms with van der Waals surface area (Å²) in [6.07, 6.45) is 3.17. The van der Waals surface area contributed by atoms with Gasteiger partial charge in [-0.25, -0.2) is 0 Å². The molecule has 1 aromatic rings. The van der Waals surface area contributed by atoms with Crippen LogP contribution in [0.5, 0.6) is 0 Å². The van der Waals surface area contributed by atoms with Crippen LogP contribution in [-0.2, 0) is 10.2 Å². The zero-order valence-electron chi connectivity index (χ0n) is 8.83. The lowest BCUT2D eigenvalue weighted by Gasteiger charge is -2.55. The fourth-order valence-corrected chi connectivity index (χ4v) is 4.06. The van der Waals surface area contributed by atoms with E-state index < -0.39 is 0 Å². The van der Waals surface area contributed by atoms with Crippen molar-refractivity contribution in [1.29, 1.82) is 5.26 Å². The number of nitriles is 1. The fraction of sp³-hybridized carbons (Fsp3) is 0.583. The Hall–Kier alpha value is -0.560. The van der Waals surface area contributed by atoms with Crippen molar-refractivity contribution in [3.63, 3.8) is 0 Å². The molecule has 1 aliphatic carbocycles. The summed E-state index contributed by atoms with van der Waals surface area (Å²) in [7, 11) is 0. The molecule has 2 aliphatic rings. The summed E-state index contributed by atoms with van der Waals surface area (Å²) in [6, 6.07) is 6.53. The minimum Gasteiger partial charge on any atom is -0.379 e. The van der Waals surface area contributed by atoms with Crippen molar-refractivity contribution in [2.24, 2.45) is 5.41 Å². The van der Waals surface area contributed by atoms with Crippen molar-refractivity contribution in [1.82, 2.24) is 0 Å². The van der Waals surface area contributed by atoms with E-state index in [1.165, 1.54) is 4.88 Å². The third-order valence-corrected chi connectivity index (χ3v) is 5.51. The van der Waals surface area contributed by atoms with Crippen LogP contribution in [0.15, 0.2) is 12.1 Å². The summed E-state index contributed by atoms with van der Waals surface area (Å²) in [5.74, 6) is 0. The molecule has 0 bridgehead atoms. The number of ether oxygens (including phenoxy) is 1. The second-order valence-electron chi connectivity index (χ2n) is 4.73. The predicted octanol–water partition coefficient (Wildman–Crippen LogP) is 3.36. The molecule has 0 atom stereocenters. The van der Waals surface area contributed by atoms with Crippen LogP contribution in [0, 0.1) is 16.7 Å². The molecule has 0 N–H and O–H groups in total. The smallest absolute Gasteiger partial charge is 0.0931 e. The van der Waals surface area contributed by atoms with Gasteiger partial charge in [-0.05, 0) is 25.0 Å². The first kappa shape index (κ1) is 10.6. The number of hydrogen-bond donors (Lipinski definition) is 0. The van der Waals surface area contributed by atoms with Gasteiger partial charge in [-0.3, -0.25) is 0 Å². The van der Waals surface area contributed by atoms with Gasteiger partial charge in [0.05, 0.1) is 34.4 Å². The summed E-state index contributed by atoms with van der Waals surface area (Å²) < 4.78 is 6.20. The Morgan fingerprint density at radius 3 is 2.44 bits per heavy atom. The summed E-state index contributed by atoms with van der Waals surface area (Å²) in [4.78, 5) is 1.23. The number of rotatable bonds is 2. The molecule has 0 amide bonds. The quantitative estimate of drug-likeness (QED) is 0.810. The maximum Gasteiger partial charge on any atom is 0.0931 e. The third-order valence-electron chi connectivity index (χ3n) is 4.08. The molecule has 1 saturated heterocycles. The largest absolute Gasteiger partial charge is 0.379 e. The molecule has 16 heavy (non-hydrogen) atoms. The molecule has 1 saturated carbocycles. The van der Waals surface area contributed by atoms with Crippen molar-refractivity contribution >= 4 is 22.9 Å². The van der Waals surface area contributed by atoms with Crippen LogP contribution in [0.4, 0.5) is 0 Å². The molecule has 0 radical (unpaired) electrons. The lowest BCUT2D eigenvalue weighted by Crippen LogP contribution is -2.60. The Morgan fingerprint density at radius 1 is 1.38 bits per heavy atom. The van der Waals surface area contributed by atoms with Crippen LogP contribution in [-0.4, -0.2) is 13.2 Å². The van der Waals surface area contributed by atoms with E-state index in [4.69, 9.17) is 16.3 Å². The van der Waals surface area contributed by atoms with E-state index in [0.29, 0.717) is 13.2 Å². The van der Waals surface area contributed by atoms with Crippen LogP contribution in [0.2, 0.25) is 4.34 Å². The monoisotopic (exact) mass is 253 g/mol. The maximum atomic E-state index is 9.47. The summed E-state index contributed by atoms with van der Waals surface area (Å²) in [5, 5.41) is 9.47. The van der Waals surface area contributed by atoms with Crippen LogP contribution in [0.1, 0.15) is 24.1 Å². The number of hydrogen-bond acceptors (Lipinski definition) is 3. The highest BCUT2D eigenvalue weighted by atomic mass is 35.5. The molecule has 2 fully saturated rings. The van der Waals surface area contributed by atoms with Crippen LogP contribution >= 0.6 is 22.9 Å². The summed E-state index contributed by atoms with van der Waals surface area (Å²) in [5.41, 5.74) is -0.267. The average molecular weight is 254 g/mol. The predicted molar refractivity (Wildman–Crippen MR) is 63.7 cm³/mol. The molecule has 3 rings (SSSR count). The Labute approximate surface area is 104 Å². The molecule has 2 nitrogen and oxygen atoms in total. The van der Waals surface area contributed by atoms with Crippen molar-refractivity contribution in [3.8, 4) is 6.07 Å². The third kappa shape index (κ3) is 1.15. The van der Waals surface area contributed by atoms with Crippen molar-refractivity contribution in [2.45, 2.75) is 24.7 Å². The molecular formula is C12H12ClNOS. The molecular weight excluding hydrogens is 242 g/mol. The molecule has 0 unspecified atom stereocenters. The van der Waals surface area contributed by atoms with E-state index in [1.807, 2.05) is 6.07 Å². The second kappa shape index (κ2) is 3.46. The van der Waals surface area contributed by atoms with Gasteiger partial charge in [-0.1, -0.05) is 18.0 Å². The first-order valence-electron chi connectivity index (χ1n) is 5.47. The van der Waals surface area contributed by atoms with Gasteiger partial charge in [0, 0.05) is 4.88 Å². The molecule has 0 aromatic carbocycles. The molecule has 1 aromatic heterocycles. The van der Waals surface area contributed by atoms with Gasteiger partial charge in [0.25, 0.3) is 0 Å². The van der Waals surface area contributed by atoms with E-state index in [9.17, 15) is 5.26 Å². The molecule has 1 aliphatic heterocycles. The lowest BCUT2D eigenvalue weighted by atomic mass is 9.52. The van der Waals surface area contributed by atoms with Gasteiger partial charge >= 0.3 is 0 Å². The van der Waals surface area contributed by atoms with E-state index in [0.717, 1.165) is 23.6 Å². The van der Waals surface area contributed by atoms with Crippen LogP contribution < -0.4 is 0 Å². The highest BCUT2D eigenvalue weighted by Gasteiger charge is 2.61. The number of thiophene rings is 1. The number of nitrogens with zero attached hydrogens (tertiary/aromatic N) is 1. The maximum absolute atomic E-state index is 9.47. The Kier molecular flexibility index (Phi) is 2.29. The van der Waals surface area contributed by atoms with E-state index in [-0.39, 0.29) is 10.8 Å². The fourth-order valence-electron chi connectivity index (χ4n) is 2.76. The van der Waals surface area contributed by atoms with Gasteiger partial charge in [0.2, 0.25) is 0 Å². The first-order chi connectivity index (χ1) is 7.72. The number of halogens is 1. The van der Waals surface area contributed by atoms with Gasteiger partial charge in [0.1, 0.15) is 0 Å². The molecule has 84 valence electrons. The van der Waals surface area contributed by atoms with Crippen molar-refractivity contribution < 1.29 is 4.74 Å². The Bertz CT molecular complexity index is 454. The molecule has 2 heterocycles. The topological polar surface area (TPSA) is 33.0 Å². The lowest BCUT2D eigenvalue weighted by molar-refractivity contribution is -0.133. The SMILES string of the molecule is N#CC1(C2(c3ccc(Cl)s3)COC2)CCC1. The molecule has 0 spiro atoms. The van der Waals surface area contributed by atoms with E-state index in [2.05, 4.69) is 12.1 Å². The van der Waals surface area contributed by atoms with E-state index in [1.54, 1.807) is 11.3 Å². The first-order valence-corrected chi connectivity index (χ1v) is 6.67. The Balaban J connectivity index is 2.04. The van der Waals surface area contributed by atoms with Gasteiger partial charge in [-0.2, -0.15) is 5.26 Å². The minimum absolute atomic E-state index is 0.0716.